The summed E-state index contributed by atoms with van der Waals surface area (Å²) in [6, 6.07) is 11.3. The molecule has 2 atom stereocenters. The SMILES string of the molecule is O=C(C[C@]1(c2ccc(-c3cccc(CO)c3)s2)CCCCS1(=O)=O)NOC1CCCCO1. The molecule has 2 aliphatic rings. The normalized spacial score (nSPS) is 25.3. The van der Waals surface area contributed by atoms with Crippen molar-refractivity contribution in [2.75, 3.05) is 12.4 Å². The highest BCUT2D eigenvalue weighted by Crippen LogP contribution is 2.47. The Balaban J connectivity index is 1.58. The average Bonchev–Trinajstić information content (AvgIpc) is 3.31. The number of carbonyl (C=O) groups is 1. The molecule has 0 saturated carbocycles. The molecular weight excluding hydrogens is 450 g/mol. The number of benzene rings is 1. The monoisotopic (exact) mass is 479 g/mol. The quantitative estimate of drug-likeness (QED) is 0.588. The van der Waals surface area contributed by atoms with E-state index in [2.05, 4.69) is 5.48 Å². The molecule has 2 N–H and O–H groups in total. The number of sulfone groups is 1. The van der Waals surface area contributed by atoms with Gasteiger partial charge in [0.1, 0.15) is 4.75 Å². The van der Waals surface area contributed by atoms with Crippen molar-refractivity contribution >= 4 is 27.1 Å². The minimum absolute atomic E-state index is 0.0602. The lowest BCUT2D eigenvalue weighted by atomic mass is 9.94. The van der Waals surface area contributed by atoms with Gasteiger partial charge < -0.3 is 9.84 Å². The summed E-state index contributed by atoms with van der Waals surface area (Å²) in [5.41, 5.74) is 4.14. The van der Waals surface area contributed by atoms with E-state index in [9.17, 15) is 18.3 Å². The first-order chi connectivity index (χ1) is 15.4. The minimum Gasteiger partial charge on any atom is -0.392 e. The van der Waals surface area contributed by atoms with Crippen LogP contribution in [0.15, 0.2) is 36.4 Å². The van der Waals surface area contributed by atoms with Crippen LogP contribution in [0.5, 0.6) is 0 Å². The van der Waals surface area contributed by atoms with E-state index in [1.165, 1.54) is 11.3 Å². The van der Waals surface area contributed by atoms with Crippen molar-refractivity contribution < 1.29 is 27.9 Å². The molecule has 2 aromatic rings. The second-order valence-electron chi connectivity index (χ2n) is 8.41. The van der Waals surface area contributed by atoms with E-state index in [1.54, 1.807) is 0 Å². The van der Waals surface area contributed by atoms with E-state index in [-0.39, 0.29) is 18.8 Å². The molecule has 1 unspecified atom stereocenters. The van der Waals surface area contributed by atoms with Crippen LogP contribution in [0.3, 0.4) is 0 Å². The number of amides is 1. The van der Waals surface area contributed by atoms with Gasteiger partial charge >= 0.3 is 0 Å². The van der Waals surface area contributed by atoms with Gasteiger partial charge in [-0.2, -0.15) is 0 Å². The van der Waals surface area contributed by atoms with Crippen LogP contribution in [0.25, 0.3) is 10.4 Å². The van der Waals surface area contributed by atoms with Crippen molar-refractivity contribution in [2.24, 2.45) is 0 Å². The zero-order valence-corrected chi connectivity index (χ0v) is 19.6. The first kappa shape index (κ1) is 23.4. The molecule has 174 valence electrons. The molecule has 0 radical (unpaired) electrons. The van der Waals surface area contributed by atoms with Gasteiger partial charge in [0, 0.05) is 22.8 Å². The molecule has 2 saturated heterocycles. The number of ether oxygens (including phenoxy) is 1. The molecule has 1 aromatic carbocycles. The smallest absolute Gasteiger partial charge is 0.245 e. The summed E-state index contributed by atoms with van der Waals surface area (Å²) < 4.78 is 30.8. The highest BCUT2D eigenvalue weighted by Gasteiger charge is 2.49. The van der Waals surface area contributed by atoms with Crippen LogP contribution < -0.4 is 5.48 Å². The Morgan fingerprint density at radius 3 is 2.84 bits per heavy atom. The molecule has 4 rings (SSSR count). The highest BCUT2D eigenvalue weighted by molar-refractivity contribution is 7.92. The Morgan fingerprint density at radius 1 is 1.22 bits per heavy atom. The van der Waals surface area contributed by atoms with Crippen LogP contribution in [0.1, 0.15) is 55.4 Å². The average molecular weight is 480 g/mol. The van der Waals surface area contributed by atoms with E-state index >= 15 is 0 Å². The molecule has 7 nitrogen and oxygen atoms in total. The van der Waals surface area contributed by atoms with Crippen LogP contribution in [-0.4, -0.2) is 38.1 Å². The largest absolute Gasteiger partial charge is 0.392 e. The molecule has 2 aliphatic heterocycles. The fraction of sp³-hybridized carbons (Fsp3) is 0.522. The van der Waals surface area contributed by atoms with Crippen LogP contribution in [-0.2, 0) is 35.6 Å². The number of hydroxylamine groups is 1. The Kier molecular flexibility index (Phi) is 7.31. The van der Waals surface area contributed by atoms with Crippen LogP contribution in [0.2, 0.25) is 0 Å². The lowest BCUT2D eigenvalue weighted by Gasteiger charge is -2.35. The highest BCUT2D eigenvalue weighted by atomic mass is 32.2. The molecule has 3 heterocycles. The zero-order chi connectivity index (χ0) is 22.6. The van der Waals surface area contributed by atoms with Crippen molar-refractivity contribution in [3.05, 3.63) is 46.8 Å². The summed E-state index contributed by atoms with van der Waals surface area (Å²) in [6.07, 6.45) is 3.72. The number of nitrogens with one attached hydrogen (secondary N) is 1. The van der Waals surface area contributed by atoms with Crippen molar-refractivity contribution in [1.29, 1.82) is 0 Å². The van der Waals surface area contributed by atoms with Gasteiger partial charge in [0.25, 0.3) is 0 Å². The van der Waals surface area contributed by atoms with Crippen molar-refractivity contribution in [2.45, 2.75) is 62.6 Å². The molecule has 9 heteroatoms. The van der Waals surface area contributed by atoms with E-state index in [4.69, 9.17) is 9.57 Å². The first-order valence-electron chi connectivity index (χ1n) is 11.0. The number of hydrogen-bond donors (Lipinski definition) is 2. The number of carbonyl (C=O) groups excluding carboxylic acids is 1. The number of aliphatic hydroxyl groups is 1. The van der Waals surface area contributed by atoms with Gasteiger partial charge in [-0.25, -0.2) is 18.7 Å². The van der Waals surface area contributed by atoms with Gasteiger partial charge in [-0.15, -0.1) is 11.3 Å². The lowest BCUT2D eigenvalue weighted by molar-refractivity contribution is -0.200. The van der Waals surface area contributed by atoms with Crippen molar-refractivity contribution in [3.8, 4) is 10.4 Å². The van der Waals surface area contributed by atoms with Crippen LogP contribution in [0, 0.1) is 0 Å². The third-order valence-corrected chi connectivity index (χ3v) is 10.2. The first-order valence-corrected chi connectivity index (χ1v) is 13.5. The molecular formula is C23H29NO6S2. The summed E-state index contributed by atoms with van der Waals surface area (Å²) in [7, 11) is -3.54. The molecule has 0 spiro atoms. The zero-order valence-electron chi connectivity index (χ0n) is 17.9. The Hall–Kier alpha value is -1.78. The van der Waals surface area contributed by atoms with Gasteiger partial charge in [0.05, 0.1) is 18.8 Å². The maximum absolute atomic E-state index is 13.3. The van der Waals surface area contributed by atoms with Gasteiger partial charge in [0.15, 0.2) is 16.1 Å². The van der Waals surface area contributed by atoms with Crippen LogP contribution >= 0.6 is 11.3 Å². The number of rotatable bonds is 7. The van der Waals surface area contributed by atoms with E-state index in [1.807, 2.05) is 36.4 Å². The van der Waals surface area contributed by atoms with Gasteiger partial charge in [-0.05, 0) is 55.0 Å². The standard InChI is InChI=1S/C23H29NO6S2/c25-16-17-6-5-7-18(14-17)19-9-10-20(31-19)23(11-2-4-13-32(23,27)28)15-21(26)24-30-22-8-1-3-12-29-22/h5-7,9-10,14,22,25H,1-4,8,11-13,15-16H2,(H,24,26)/t22?,23-/m0/s1. The predicted molar refractivity (Wildman–Crippen MR) is 122 cm³/mol. The Bertz CT molecular complexity index is 1040. The summed E-state index contributed by atoms with van der Waals surface area (Å²) in [5.74, 6) is -0.387. The Morgan fingerprint density at radius 2 is 2.09 bits per heavy atom. The van der Waals surface area contributed by atoms with E-state index in [0.29, 0.717) is 30.7 Å². The summed E-state index contributed by atoms with van der Waals surface area (Å²) in [6.45, 7) is 0.531. The topological polar surface area (TPSA) is 102 Å². The second kappa shape index (κ2) is 10.0. The molecule has 1 aromatic heterocycles. The fourth-order valence-corrected chi connectivity index (χ4v) is 8.18. The lowest BCUT2D eigenvalue weighted by Crippen LogP contribution is -2.45. The maximum atomic E-state index is 13.3. The number of hydrogen-bond acceptors (Lipinski definition) is 7. The predicted octanol–water partition coefficient (Wildman–Crippen LogP) is 3.67. The van der Waals surface area contributed by atoms with E-state index < -0.39 is 26.8 Å². The molecule has 0 bridgehead atoms. The minimum atomic E-state index is -3.54. The van der Waals surface area contributed by atoms with Crippen molar-refractivity contribution in [3.63, 3.8) is 0 Å². The Labute approximate surface area is 192 Å². The molecule has 0 aliphatic carbocycles. The maximum Gasteiger partial charge on any atom is 0.245 e. The molecule has 32 heavy (non-hydrogen) atoms. The van der Waals surface area contributed by atoms with Crippen LogP contribution in [0.4, 0.5) is 0 Å². The van der Waals surface area contributed by atoms with Gasteiger partial charge in [-0.1, -0.05) is 24.6 Å². The summed E-state index contributed by atoms with van der Waals surface area (Å²) in [4.78, 5) is 19.8. The molecule has 1 amide bonds. The van der Waals surface area contributed by atoms with E-state index in [0.717, 1.165) is 35.3 Å². The fourth-order valence-electron chi connectivity index (χ4n) is 4.41. The second-order valence-corrected chi connectivity index (χ2v) is 11.9. The van der Waals surface area contributed by atoms with Gasteiger partial charge in [-0.3, -0.25) is 4.79 Å². The van der Waals surface area contributed by atoms with Crippen molar-refractivity contribution in [1.82, 2.24) is 5.48 Å². The summed E-state index contributed by atoms with van der Waals surface area (Å²) >= 11 is 1.39. The summed E-state index contributed by atoms with van der Waals surface area (Å²) in [5, 5.41) is 9.43. The third-order valence-electron chi connectivity index (χ3n) is 6.18. The number of aliphatic hydroxyl groups excluding tert-OH is 1. The third kappa shape index (κ3) is 4.92. The van der Waals surface area contributed by atoms with Gasteiger partial charge in [0.2, 0.25) is 5.91 Å². The molecule has 2 fully saturated rings. The number of thiophene rings is 1.